The lowest BCUT2D eigenvalue weighted by molar-refractivity contribution is -0.137. The van der Waals surface area contributed by atoms with E-state index in [0.717, 1.165) is 12.5 Å². The summed E-state index contributed by atoms with van der Waals surface area (Å²) in [6, 6.07) is 0. The summed E-state index contributed by atoms with van der Waals surface area (Å²) in [7, 11) is 0. The average Bonchev–Trinajstić information content (AvgIpc) is 2.45. The second-order valence-corrected chi connectivity index (χ2v) is 6.21. The fraction of sp³-hybridized carbons (Fsp3) is 0.643. The predicted molar refractivity (Wildman–Crippen MR) is 77.1 cm³/mol. The van der Waals surface area contributed by atoms with Gasteiger partial charge in [0, 0.05) is 32.4 Å². The number of halogens is 3. The monoisotopic (exact) mass is 332 g/mol. The summed E-state index contributed by atoms with van der Waals surface area (Å²) in [4.78, 5) is 22.2. The summed E-state index contributed by atoms with van der Waals surface area (Å²) in [5, 5.41) is 0. The highest BCUT2D eigenvalue weighted by atomic mass is 19.4. The Morgan fingerprint density at radius 2 is 1.78 bits per heavy atom. The predicted octanol–water partition coefficient (Wildman–Crippen LogP) is 2.55. The molecule has 0 bridgehead atoms. The second kappa shape index (κ2) is 6.21. The average molecular weight is 332 g/mol. The molecular formula is C14H19F3N4O2. The van der Waals surface area contributed by atoms with Gasteiger partial charge in [0.25, 0.3) is 0 Å². The maximum Gasteiger partial charge on any atom is 0.421 e. The molecule has 1 saturated heterocycles. The standard InChI is InChI=1S/C14H19F3N4O2/c1-13(2,3)23-12(22)21-6-4-20(5-7-21)11-10(14(15,16)17)8-18-9-19-11/h8-9H,4-7H2,1-3H3. The summed E-state index contributed by atoms with van der Waals surface area (Å²) in [6.07, 6.45) is -3.12. The van der Waals surface area contributed by atoms with Crippen LogP contribution in [0.2, 0.25) is 0 Å². The van der Waals surface area contributed by atoms with Gasteiger partial charge >= 0.3 is 12.3 Å². The SMILES string of the molecule is CC(C)(C)OC(=O)N1CCN(c2ncncc2C(F)(F)F)CC1. The Balaban J connectivity index is 2.04. The van der Waals surface area contributed by atoms with Crippen LogP contribution in [-0.4, -0.2) is 52.7 Å². The normalized spacial score (nSPS) is 16.4. The molecule has 0 spiro atoms. The number of amides is 1. The van der Waals surface area contributed by atoms with Crippen LogP contribution in [0.1, 0.15) is 26.3 Å². The van der Waals surface area contributed by atoms with Crippen LogP contribution in [-0.2, 0) is 10.9 Å². The van der Waals surface area contributed by atoms with E-state index in [-0.39, 0.29) is 32.0 Å². The minimum atomic E-state index is -4.51. The highest BCUT2D eigenvalue weighted by Crippen LogP contribution is 2.34. The van der Waals surface area contributed by atoms with Crippen molar-refractivity contribution in [2.45, 2.75) is 32.5 Å². The number of carbonyl (C=O) groups is 1. The maximum absolute atomic E-state index is 13.0. The number of ether oxygens (including phenoxy) is 1. The third-order valence-electron chi connectivity index (χ3n) is 3.23. The largest absolute Gasteiger partial charge is 0.444 e. The third kappa shape index (κ3) is 4.46. The minimum absolute atomic E-state index is 0.156. The van der Waals surface area contributed by atoms with Crippen LogP contribution in [0.4, 0.5) is 23.8 Å². The number of rotatable bonds is 1. The molecule has 6 nitrogen and oxygen atoms in total. The van der Waals surface area contributed by atoms with Gasteiger partial charge in [-0.25, -0.2) is 14.8 Å². The van der Waals surface area contributed by atoms with Crippen LogP contribution in [0, 0.1) is 0 Å². The number of hydrogen-bond acceptors (Lipinski definition) is 5. The smallest absolute Gasteiger partial charge is 0.421 e. The number of nitrogens with zero attached hydrogens (tertiary/aromatic N) is 4. The molecule has 0 N–H and O–H groups in total. The minimum Gasteiger partial charge on any atom is -0.444 e. The number of aromatic nitrogens is 2. The Kier molecular flexibility index (Phi) is 4.67. The van der Waals surface area contributed by atoms with E-state index < -0.39 is 23.4 Å². The Bertz CT molecular complexity index is 564. The van der Waals surface area contributed by atoms with Crippen LogP contribution in [0.5, 0.6) is 0 Å². The number of hydrogen-bond donors (Lipinski definition) is 0. The van der Waals surface area contributed by atoms with Gasteiger partial charge in [0.2, 0.25) is 0 Å². The van der Waals surface area contributed by atoms with Crippen LogP contribution < -0.4 is 4.90 Å². The molecule has 1 amide bonds. The van der Waals surface area contributed by atoms with Crippen molar-refractivity contribution < 1.29 is 22.7 Å². The van der Waals surface area contributed by atoms with Crippen molar-refractivity contribution >= 4 is 11.9 Å². The van der Waals surface area contributed by atoms with Gasteiger partial charge < -0.3 is 14.5 Å². The molecule has 2 rings (SSSR count). The Morgan fingerprint density at radius 1 is 1.17 bits per heavy atom. The molecular weight excluding hydrogens is 313 g/mol. The molecule has 128 valence electrons. The first-order valence-corrected chi connectivity index (χ1v) is 7.18. The lowest BCUT2D eigenvalue weighted by Gasteiger charge is -2.36. The summed E-state index contributed by atoms with van der Waals surface area (Å²) in [5.74, 6) is -0.156. The van der Waals surface area contributed by atoms with Crippen molar-refractivity contribution in [1.29, 1.82) is 0 Å². The second-order valence-electron chi connectivity index (χ2n) is 6.21. The van der Waals surface area contributed by atoms with Crippen molar-refractivity contribution in [2.24, 2.45) is 0 Å². The van der Waals surface area contributed by atoms with Crippen molar-refractivity contribution in [3.8, 4) is 0 Å². The lowest BCUT2D eigenvalue weighted by Crippen LogP contribution is -2.50. The van der Waals surface area contributed by atoms with E-state index in [0.29, 0.717) is 0 Å². The molecule has 2 heterocycles. The Labute approximate surface area is 132 Å². The maximum atomic E-state index is 13.0. The van der Waals surface area contributed by atoms with E-state index >= 15 is 0 Å². The molecule has 0 aromatic carbocycles. The topological polar surface area (TPSA) is 58.6 Å². The van der Waals surface area contributed by atoms with Crippen LogP contribution in [0.25, 0.3) is 0 Å². The van der Waals surface area contributed by atoms with Gasteiger partial charge in [-0.3, -0.25) is 0 Å². The summed E-state index contributed by atoms with van der Waals surface area (Å²) in [5.41, 5.74) is -1.48. The van der Waals surface area contributed by atoms with Crippen molar-refractivity contribution in [3.05, 3.63) is 18.1 Å². The zero-order chi connectivity index (χ0) is 17.3. The van der Waals surface area contributed by atoms with Crippen molar-refractivity contribution in [3.63, 3.8) is 0 Å². The number of piperazine rings is 1. The Morgan fingerprint density at radius 3 is 2.30 bits per heavy atom. The fourth-order valence-corrected chi connectivity index (χ4v) is 2.20. The fourth-order valence-electron chi connectivity index (χ4n) is 2.20. The number of anilines is 1. The van der Waals surface area contributed by atoms with Crippen LogP contribution in [0.3, 0.4) is 0 Å². The first-order valence-electron chi connectivity index (χ1n) is 7.18. The van der Waals surface area contributed by atoms with Crippen molar-refractivity contribution in [2.75, 3.05) is 31.1 Å². The molecule has 0 unspecified atom stereocenters. The highest BCUT2D eigenvalue weighted by Gasteiger charge is 2.37. The van der Waals surface area contributed by atoms with Gasteiger partial charge in [-0.1, -0.05) is 0 Å². The first kappa shape index (κ1) is 17.3. The molecule has 1 aromatic rings. The number of alkyl halides is 3. The molecule has 0 radical (unpaired) electrons. The molecule has 1 fully saturated rings. The van der Waals surface area contributed by atoms with Crippen LogP contribution >= 0.6 is 0 Å². The summed E-state index contributed by atoms with van der Waals surface area (Å²) >= 11 is 0. The van der Waals surface area contributed by atoms with E-state index in [1.807, 2.05) is 0 Å². The van der Waals surface area contributed by atoms with Gasteiger partial charge in [-0.2, -0.15) is 13.2 Å². The van der Waals surface area contributed by atoms with E-state index in [9.17, 15) is 18.0 Å². The Hall–Kier alpha value is -2.06. The third-order valence-corrected chi connectivity index (χ3v) is 3.23. The van der Waals surface area contributed by atoms with Gasteiger partial charge in [0.1, 0.15) is 23.3 Å². The van der Waals surface area contributed by atoms with Crippen LogP contribution in [0.15, 0.2) is 12.5 Å². The lowest BCUT2D eigenvalue weighted by atomic mass is 10.2. The molecule has 1 aliphatic heterocycles. The van der Waals surface area contributed by atoms with E-state index in [4.69, 9.17) is 4.74 Å². The molecule has 23 heavy (non-hydrogen) atoms. The molecule has 0 saturated carbocycles. The quantitative estimate of drug-likeness (QED) is 0.791. The molecule has 0 atom stereocenters. The molecule has 0 aliphatic carbocycles. The van der Waals surface area contributed by atoms with E-state index in [1.54, 1.807) is 20.8 Å². The molecule has 1 aromatic heterocycles. The zero-order valence-electron chi connectivity index (χ0n) is 13.2. The summed E-state index contributed by atoms with van der Waals surface area (Å²) < 4.78 is 44.3. The van der Waals surface area contributed by atoms with E-state index in [2.05, 4.69) is 9.97 Å². The van der Waals surface area contributed by atoms with Gasteiger partial charge in [-0.05, 0) is 20.8 Å². The van der Waals surface area contributed by atoms with E-state index in [1.165, 1.54) is 9.80 Å². The zero-order valence-corrected chi connectivity index (χ0v) is 13.2. The summed E-state index contributed by atoms with van der Waals surface area (Å²) in [6.45, 7) is 6.33. The first-order chi connectivity index (χ1) is 10.6. The number of carbonyl (C=O) groups excluding carboxylic acids is 1. The molecule has 1 aliphatic rings. The highest BCUT2D eigenvalue weighted by molar-refractivity contribution is 5.68. The van der Waals surface area contributed by atoms with Gasteiger partial charge in [-0.15, -0.1) is 0 Å². The van der Waals surface area contributed by atoms with Crippen molar-refractivity contribution in [1.82, 2.24) is 14.9 Å². The molecule has 9 heteroatoms. The van der Waals surface area contributed by atoms with Gasteiger partial charge in [0.05, 0.1) is 0 Å². The van der Waals surface area contributed by atoms with Gasteiger partial charge in [0.15, 0.2) is 0 Å².